The molecule has 0 amide bonds. The summed E-state index contributed by atoms with van der Waals surface area (Å²) in [6.07, 6.45) is 7.14. The zero-order chi connectivity index (χ0) is 13.7. The molecule has 1 aliphatic rings. The molecule has 0 aromatic heterocycles. The van der Waals surface area contributed by atoms with Gasteiger partial charge < -0.3 is 4.74 Å². The molecule has 0 radical (unpaired) electrons. The van der Waals surface area contributed by atoms with Crippen LogP contribution < -0.4 is 4.74 Å². The summed E-state index contributed by atoms with van der Waals surface area (Å²) in [5.74, 6) is 0.423. The molecule has 0 spiro atoms. The van der Waals surface area contributed by atoms with Crippen LogP contribution in [0.3, 0.4) is 0 Å². The van der Waals surface area contributed by atoms with Gasteiger partial charge in [0.15, 0.2) is 0 Å². The third-order valence-corrected chi connectivity index (χ3v) is 3.94. The topological polar surface area (TPSA) is 33.0 Å². The molecule has 0 bridgehead atoms. The Morgan fingerprint density at radius 1 is 1.37 bits per heavy atom. The van der Waals surface area contributed by atoms with E-state index in [0.29, 0.717) is 11.7 Å². The van der Waals surface area contributed by atoms with Crippen molar-refractivity contribution in [3.63, 3.8) is 0 Å². The first kappa shape index (κ1) is 13.9. The molecule has 19 heavy (non-hydrogen) atoms. The lowest BCUT2D eigenvalue weighted by atomic mass is 9.84. The number of hydrogen-bond acceptors (Lipinski definition) is 2. The number of nitrogens with zero attached hydrogens (tertiary/aromatic N) is 1. The Morgan fingerprint density at radius 2 is 2.11 bits per heavy atom. The lowest BCUT2D eigenvalue weighted by Crippen LogP contribution is -2.28. The van der Waals surface area contributed by atoms with E-state index in [4.69, 9.17) is 10.00 Å². The van der Waals surface area contributed by atoms with Crippen LogP contribution in [0.25, 0.3) is 0 Å². The number of benzene rings is 1. The lowest BCUT2D eigenvalue weighted by Gasteiger charge is -2.30. The fourth-order valence-electron chi connectivity index (χ4n) is 2.89. The Hall–Kier alpha value is -1.56. The van der Waals surface area contributed by atoms with Crippen LogP contribution in [0.5, 0.6) is 5.75 Å². The maximum Gasteiger partial charge on any atom is 0.144 e. The first-order chi connectivity index (χ1) is 9.26. The number of halogens is 1. The van der Waals surface area contributed by atoms with E-state index >= 15 is 0 Å². The van der Waals surface area contributed by atoms with Crippen LogP contribution in [0.1, 0.15) is 51.0 Å². The molecule has 1 aromatic carbocycles. The lowest BCUT2D eigenvalue weighted by molar-refractivity contribution is 0.103. The normalized spacial score (nSPS) is 17.7. The van der Waals surface area contributed by atoms with Crippen molar-refractivity contribution in [2.24, 2.45) is 5.92 Å². The van der Waals surface area contributed by atoms with Gasteiger partial charge in [-0.25, -0.2) is 4.39 Å². The van der Waals surface area contributed by atoms with Crippen molar-refractivity contribution in [3.05, 3.63) is 29.6 Å². The van der Waals surface area contributed by atoms with E-state index in [0.717, 1.165) is 6.42 Å². The molecule has 3 heteroatoms. The van der Waals surface area contributed by atoms with Crippen molar-refractivity contribution in [1.29, 1.82) is 5.26 Å². The van der Waals surface area contributed by atoms with E-state index in [1.165, 1.54) is 38.2 Å². The van der Waals surface area contributed by atoms with Crippen LogP contribution in [0.2, 0.25) is 0 Å². The molecule has 1 aromatic rings. The van der Waals surface area contributed by atoms with Crippen LogP contribution in [0, 0.1) is 23.1 Å². The van der Waals surface area contributed by atoms with E-state index in [1.54, 1.807) is 12.1 Å². The molecule has 2 rings (SSSR count). The second kappa shape index (κ2) is 6.56. The average Bonchev–Trinajstić information content (AvgIpc) is 2.46. The van der Waals surface area contributed by atoms with Gasteiger partial charge in [-0.15, -0.1) is 0 Å². The molecule has 1 fully saturated rings. The van der Waals surface area contributed by atoms with Gasteiger partial charge in [-0.1, -0.05) is 32.3 Å². The monoisotopic (exact) mass is 261 g/mol. The summed E-state index contributed by atoms with van der Waals surface area (Å²) in [6, 6.07) is 6.48. The summed E-state index contributed by atoms with van der Waals surface area (Å²) in [4.78, 5) is 0. The Bertz CT molecular complexity index is 460. The Kier molecular flexibility index (Phi) is 4.79. The quantitative estimate of drug-likeness (QED) is 0.803. The highest BCUT2D eigenvalue weighted by atomic mass is 19.1. The molecule has 1 aliphatic carbocycles. The van der Waals surface area contributed by atoms with Gasteiger partial charge in [0.2, 0.25) is 0 Å². The van der Waals surface area contributed by atoms with Crippen LogP contribution >= 0.6 is 0 Å². The van der Waals surface area contributed by atoms with E-state index in [1.807, 2.05) is 6.07 Å². The van der Waals surface area contributed by atoms with Crippen molar-refractivity contribution in [2.75, 3.05) is 0 Å². The van der Waals surface area contributed by atoms with E-state index in [9.17, 15) is 4.39 Å². The summed E-state index contributed by atoms with van der Waals surface area (Å²) in [5, 5.41) is 9.03. The van der Waals surface area contributed by atoms with Gasteiger partial charge in [-0.3, -0.25) is 0 Å². The van der Waals surface area contributed by atoms with Gasteiger partial charge in [0.1, 0.15) is 29.3 Å². The molecule has 0 heterocycles. The fraction of sp³-hybridized carbons (Fsp3) is 0.562. The molecule has 102 valence electrons. The predicted octanol–water partition coefficient (Wildman–Crippen LogP) is 4.44. The minimum atomic E-state index is -0.501. The van der Waals surface area contributed by atoms with E-state index in [2.05, 4.69) is 6.92 Å². The average molecular weight is 261 g/mol. The number of hydrogen-bond donors (Lipinski definition) is 0. The molecular weight excluding hydrogens is 241 g/mol. The predicted molar refractivity (Wildman–Crippen MR) is 72.4 cm³/mol. The highest BCUT2D eigenvalue weighted by Gasteiger charge is 2.25. The summed E-state index contributed by atoms with van der Waals surface area (Å²) in [5.41, 5.74) is 0.0248. The largest absolute Gasteiger partial charge is 0.489 e. The van der Waals surface area contributed by atoms with Crippen molar-refractivity contribution < 1.29 is 9.13 Å². The standard InChI is InChI=1S/C16H20FNO/c1-2-15(12-7-4-3-5-8-12)19-16-10-6-9-14(17)13(16)11-18/h6,9-10,12,15H,2-5,7-8H2,1H3. The molecule has 0 saturated heterocycles. The van der Waals surface area contributed by atoms with Crippen molar-refractivity contribution in [2.45, 2.75) is 51.6 Å². The van der Waals surface area contributed by atoms with Crippen LogP contribution in [-0.4, -0.2) is 6.10 Å². The summed E-state index contributed by atoms with van der Waals surface area (Å²) in [6.45, 7) is 2.09. The number of rotatable bonds is 4. The van der Waals surface area contributed by atoms with Crippen molar-refractivity contribution >= 4 is 0 Å². The second-order valence-electron chi connectivity index (χ2n) is 5.19. The highest BCUT2D eigenvalue weighted by Crippen LogP contribution is 2.31. The molecule has 0 N–H and O–H groups in total. The molecular formula is C16H20FNO. The van der Waals surface area contributed by atoms with Gasteiger partial charge in [0.05, 0.1) is 0 Å². The number of ether oxygens (including phenoxy) is 1. The van der Waals surface area contributed by atoms with Crippen molar-refractivity contribution in [1.82, 2.24) is 0 Å². The third-order valence-electron chi connectivity index (χ3n) is 3.94. The summed E-state index contributed by atoms with van der Waals surface area (Å²) >= 11 is 0. The van der Waals surface area contributed by atoms with E-state index < -0.39 is 5.82 Å². The molecule has 0 aliphatic heterocycles. The smallest absolute Gasteiger partial charge is 0.144 e. The van der Waals surface area contributed by atoms with Gasteiger partial charge >= 0.3 is 0 Å². The second-order valence-corrected chi connectivity index (χ2v) is 5.19. The highest BCUT2D eigenvalue weighted by molar-refractivity contribution is 5.43. The first-order valence-corrected chi connectivity index (χ1v) is 7.11. The van der Waals surface area contributed by atoms with E-state index in [-0.39, 0.29) is 11.7 Å². The Balaban J connectivity index is 2.14. The zero-order valence-corrected chi connectivity index (χ0v) is 11.4. The minimum Gasteiger partial charge on any atom is -0.489 e. The maximum absolute atomic E-state index is 13.5. The van der Waals surface area contributed by atoms with Gasteiger partial charge in [0.25, 0.3) is 0 Å². The molecule has 1 atom stereocenters. The number of nitriles is 1. The summed E-state index contributed by atoms with van der Waals surface area (Å²) < 4.78 is 19.5. The van der Waals surface area contributed by atoms with Crippen LogP contribution in [0.15, 0.2) is 18.2 Å². The SMILES string of the molecule is CCC(Oc1cccc(F)c1C#N)C1CCCCC1. The maximum atomic E-state index is 13.5. The van der Waals surface area contributed by atoms with Gasteiger partial charge in [-0.05, 0) is 37.3 Å². The Labute approximate surface area is 114 Å². The van der Waals surface area contributed by atoms with Crippen molar-refractivity contribution in [3.8, 4) is 11.8 Å². The van der Waals surface area contributed by atoms with Gasteiger partial charge in [-0.2, -0.15) is 5.26 Å². The fourth-order valence-corrected chi connectivity index (χ4v) is 2.89. The molecule has 1 unspecified atom stereocenters. The first-order valence-electron chi connectivity index (χ1n) is 7.11. The van der Waals surface area contributed by atoms with Gasteiger partial charge in [0, 0.05) is 0 Å². The minimum absolute atomic E-state index is 0.0248. The molecule has 2 nitrogen and oxygen atoms in total. The molecule has 1 saturated carbocycles. The summed E-state index contributed by atoms with van der Waals surface area (Å²) in [7, 11) is 0. The van der Waals surface area contributed by atoms with Crippen LogP contribution in [-0.2, 0) is 0 Å². The third kappa shape index (κ3) is 3.26. The Morgan fingerprint density at radius 3 is 2.74 bits per heavy atom. The van der Waals surface area contributed by atoms with Crippen LogP contribution in [0.4, 0.5) is 4.39 Å². The zero-order valence-electron chi connectivity index (χ0n) is 11.4.